The predicted molar refractivity (Wildman–Crippen MR) is 113 cm³/mol. The molecule has 1 aromatic heterocycles. The summed E-state index contributed by atoms with van der Waals surface area (Å²) >= 11 is 0. The SMILES string of the molecule is CCNC(=NCc1ccc(-n2ccnc2)c(F)c1)NCC1COc2ccccc2O1. The van der Waals surface area contributed by atoms with Crippen molar-refractivity contribution in [1.82, 2.24) is 20.2 Å². The van der Waals surface area contributed by atoms with E-state index < -0.39 is 0 Å². The Kier molecular flexibility index (Phi) is 6.12. The maximum Gasteiger partial charge on any atom is 0.191 e. The molecule has 4 rings (SSSR count). The Morgan fingerprint density at radius 3 is 2.87 bits per heavy atom. The molecule has 30 heavy (non-hydrogen) atoms. The van der Waals surface area contributed by atoms with Gasteiger partial charge in [-0.1, -0.05) is 18.2 Å². The quantitative estimate of drug-likeness (QED) is 0.484. The normalized spacial score (nSPS) is 15.7. The molecule has 156 valence electrons. The minimum absolute atomic E-state index is 0.129. The molecule has 7 nitrogen and oxygen atoms in total. The van der Waals surface area contributed by atoms with Crippen molar-refractivity contribution in [3.63, 3.8) is 0 Å². The van der Waals surface area contributed by atoms with Gasteiger partial charge < -0.3 is 24.7 Å². The van der Waals surface area contributed by atoms with Crippen molar-refractivity contribution in [3.8, 4) is 17.2 Å². The number of aliphatic imine (C=N–C) groups is 1. The van der Waals surface area contributed by atoms with E-state index in [-0.39, 0.29) is 11.9 Å². The van der Waals surface area contributed by atoms with E-state index in [1.54, 1.807) is 29.4 Å². The van der Waals surface area contributed by atoms with Gasteiger partial charge in [-0.05, 0) is 36.8 Å². The van der Waals surface area contributed by atoms with E-state index in [9.17, 15) is 4.39 Å². The van der Waals surface area contributed by atoms with Crippen LogP contribution < -0.4 is 20.1 Å². The minimum Gasteiger partial charge on any atom is -0.486 e. The van der Waals surface area contributed by atoms with Crippen LogP contribution >= 0.6 is 0 Å². The van der Waals surface area contributed by atoms with Crippen LogP contribution in [0.4, 0.5) is 4.39 Å². The zero-order chi connectivity index (χ0) is 20.8. The molecule has 0 saturated carbocycles. The van der Waals surface area contributed by atoms with E-state index in [0.717, 1.165) is 17.1 Å². The summed E-state index contributed by atoms with van der Waals surface area (Å²) in [4.78, 5) is 8.51. The number of benzene rings is 2. The van der Waals surface area contributed by atoms with E-state index in [0.29, 0.717) is 37.9 Å². The second-order valence-corrected chi connectivity index (χ2v) is 6.83. The van der Waals surface area contributed by atoms with Crippen molar-refractivity contribution in [3.05, 3.63) is 72.6 Å². The van der Waals surface area contributed by atoms with Crippen LogP contribution in [0, 0.1) is 5.82 Å². The second kappa shape index (κ2) is 9.30. The molecule has 0 radical (unpaired) electrons. The number of hydrogen-bond donors (Lipinski definition) is 2. The highest BCUT2D eigenvalue weighted by atomic mass is 19.1. The number of nitrogens with zero attached hydrogens (tertiary/aromatic N) is 3. The molecule has 2 heterocycles. The van der Waals surface area contributed by atoms with Gasteiger partial charge in [0, 0.05) is 18.9 Å². The molecule has 0 aliphatic carbocycles. The zero-order valence-electron chi connectivity index (χ0n) is 16.7. The number of fused-ring (bicyclic) bond motifs is 1. The number of hydrogen-bond acceptors (Lipinski definition) is 4. The third kappa shape index (κ3) is 4.71. The van der Waals surface area contributed by atoms with Crippen LogP contribution in [-0.4, -0.2) is 41.3 Å². The van der Waals surface area contributed by atoms with E-state index in [1.807, 2.05) is 37.3 Å². The van der Waals surface area contributed by atoms with Gasteiger partial charge >= 0.3 is 0 Å². The minimum atomic E-state index is -0.315. The number of rotatable bonds is 6. The van der Waals surface area contributed by atoms with Gasteiger partial charge in [0.05, 0.1) is 25.1 Å². The lowest BCUT2D eigenvalue weighted by atomic mass is 10.2. The van der Waals surface area contributed by atoms with Crippen LogP contribution in [-0.2, 0) is 6.54 Å². The van der Waals surface area contributed by atoms with Gasteiger partial charge in [0.1, 0.15) is 18.5 Å². The van der Waals surface area contributed by atoms with Crippen LogP contribution in [0.25, 0.3) is 5.69 Å². The van der Waals surface area contributed by atoms with Crippen molar-refractivity contribution in [1.29, 1.82) is 0 Å². The first-order chi connectivity index (χ1) is 14.7. The fourth-order valence-corrected chi connectivity index (χ4v) is 3.15. The Morgan fingerprint density at radius 2 is 2.10 bits per heavy atom. The first kappa shape index (κ1) is 19.8. The van der Waals surface area contributed by atoms with Gasteiger partial charge in [0.2, 0.25) is 0 Å². The van der Waals surface area contributed by atoms with Gasteiger partial charge in [-0.25, -0.2) is 14.4 Å². The zero-order valence-corrected chi connectivity index (χ0v) is 16.7. The smallest absolute Gasteiger partial charge is 0.191 e. The van der Waals surface area contributed by atoms with Crippen LogP contribution in [0.3, 0.4) is 0 Å². The number of guanidine groups is 1. The second-order valence-electron chi connectivity index (χ2n) is 6.83. The number of aromatic nitrogens is 2. The fourth-order valence-electron chi connectivity index (χ4n) is 3.15. The summed E-state index contributed by atoms with van der Waals surface area (Å²) in [6.07, 6.45) is 4.76. The standard InChI is InChI=1S/C22H24FN5O2/c1-2-25-22(27-13-17-14-29-20-5-3-4-6-21(20)30-17)26-12-16-7-8-19(18(23)11-16)28-10-9-24-15-28/h3-11,15,17H,2,12-14H2,1H3,(H2,25,26,27). The molecule has 0 spiro atoms. The molecule has 0 fully saturated rings. The van der Waals surface area contributed by atoms with E-state index in [1.165, 1.54) is 6.07 Å². The lowest BCUT2D eigenvalue weighted by Gasteiger charge is -2.27. The van der Waals surface area contributed by atoms with E-state index >= 15 is 0 Å². The number of ether oxygens (including phenoxy) is 2. The molecule has 1 unspecified atom stereocenters. The Balaban J connectivity index is 1.36. The van der Waals surface area contributed by atoms with Gasteiger partial charge in [0.25, 0.3) is 0 Å². The molecular weight excluding hydrogens is 385 g/mol. The highest BCUT2D eigenvalue weighted by Crippen LogP contribution is 2.30. The molecule has 3 aromatic rings. The molecule has 1 aliphatic heterocycles. The molecule has 2 aromatic carbocycles. The molecular formula is C22H24FN5O2. The lowest BCUT2D eigenvalue weighted by Crippen LogP contribution is -2.45. The molecule has 0 bridgehead atoms. The maximum absolute atomic E-state index is 14.4. The monoisotopic (exact) mass is 409 g/mol. The number of nitrogens with one attached hydrogen (secondary N) is 2. The summed E-state index contributed by atoms with van der Waals surface area (Å²) in [5.74, 6) is 1.82. The van der Waals surface area contributed by atoms with Crippen molar-refractivity contribution in [2.75, 3.05) is 19.7 Å². The van der Waals surface area contributed by atoms with Gasteiger partial charge in [-0.15, -0.1) is 0 Å². The third-order valence-electron chi connectivity index (χ3n) is 4.62. The Bertz CT molecular complexity index is 1010. The molecule has 1 atom stereocenters. The van der Waals surface area contributed by atoms with Gasteiger partial charge in [-0.2, -0.15) is 0 Å². The molecule has 2 N–H and O–H groups in total. The largest absolute Gasteiger partial charge is 0.486 e. The third-order valence-corrected chi connectivity index (χ3v) is 4.62. The van der Waals surface area contributed by atoms with E-state index in [2.05, 4.69) is 20.6 Å². The van der Waals surface area contributed by atoms with Crippen molar-refractivity contribution < 1.29 is 13.9 Å². The summed E-state index contributed by atoms with van der Waals surface area (Å²) in [6.45, 7) is 4.05. The molecule has 0 amide bonds. The van der Waals surface area contributed by atoms with Crippen molar-refractivity contribution >= 4 is 5.96 Å². The fraction of sp³-hybridized carbons (Fsp3) is 0.273. The molecule has 0 saturated heterocycles. The number of para-hydroxylation sites is 2. The highest BCUT2D eigenvalue weighted by molar-refractivity contribution is 5.79. The topological polar surface area (TPSA) is 72.7 Å². The van der Waals surface area contributed by atoms with E-state index in [4.69, 9.17) is 9.47 Å². The average molecular weight is 409 g/mol. The summed E-state index contributed by atoms with van der Waals surface area (Å²) < 4.78 is 27.8. The van der Waals surface area contributed by atoms with Crippen LogP contribution in [0.5, 0.6) is 11.5 Å². The first-order valence-corrected chi connectivity index (χ1v) is 9.90. The van der Waals surface area contributed by atoms with Crippen molar-refractivity contribution in [2.45, 2.75) is 19.6 Å². The summed E-state index contributed by atoms with van der Waals surface area (Å²) in [6, 6.07) is 12.7. The number of imidazole rings is 1. The Labute approximate surface area is 174 Å². The van der Waals surface area contributed by atoms with Gasteiger partial charge in [0.15, 0.2) is 17.5 Å². The summed E-state index contributed by atoms with van der Waals surface area (Å²) in [5.41, 5.74) is 1.24. The first-order valence-electron chi connectivity index (χ1n) is 9.90. The maximum atomic E-state index is 14.4. The average Bonchev–Trinajstić information content (AvgIpc) is 3.30. The summed E-state index contributed by atoms with van der Waals surface area (Å²) in [5, 5.41) is 6.46. The van der Waals surface area contributed by atoms with Crippen molar-refractivity contribution in [2.24, 2.45) is 4.99 Å². The van der Waals surface area contributed by atoms with Gasteiger partial charge in [-0.3, -0.25) is 0 Å². The van der Waals surface area contributed by atoms with Crippen LogP contribution in [0.15, 0.2) is 66.2 Å². The number of halogens is 1. The van der Waals surface area contributed by atoms with Crippen LogP contribution in [0.1, 0.15) is 12.5 Å². The highest BCUT2D eigenvalue weighted by Gasteiger charge is 2.20. The lowest BCUT2D eigenvalue weighted by molar-refractivity contribution is 0.0936. The molecule has 1 aliphatic rings. The molecule has 8 heteroatoms. The Morgan fingerprint density at radius 1 is 1.23 bits per heavy atom. The summed E-state index contributed by atoms with van der Waals surface area (Å²) in [7, 11) is 0. The predicted octanol–water partition coefficient (Wildman–Crippen LogP) is 2.91. The Hall–Kier alpha value is -3.55. The van der Waals surface area contributed by atoms with Crippen LogP contribution in [0.2, 0.25) is 0 Å².